The topological polar surface area (TPSA) is 41.6 Å². The van der Waals surface area contributed by atoms with Gasteiger partial charge in [0.05, 0.1) is 13.2 Å². The number of carbonyl (C=O) groups is 1. The van der Waals surface area contributed by atoms with E-state index in [-0.39, 0.29) is 11.9 Å². The van der Waals surface area contributed by atoms with Crippen LogP contribution in [0, 0.1) is 0 Å². The molecule has 2 heterocycles. The van der Waals surface area contributed by atoms with Crippen LogP contribution in [0.3, 0.4) is 0 Å². The van der Waals surface area contributed by atoms with Crippen LogP contribution in [0.1, 0.15) is 58.6 Å². The summed E-state index contributed by atoms with van der Waals surface area (Å²) in [5.41, 5.74) is 3.06. The number of carbonyl (C=O) groups excluding carboxylic acids is 1. The first kappa shape index (κ1) is 21.6. The summed E-state index contributed by atoms with van der Waals surface area (Å²) in [4.78, 5) is 16.8. The summed E-state index contributed by atoms with van der Waals surface area (Å²) in [6.45, 7) is 4.29. The highest BCUT2D eigenvalue weighted by atomic mass is 32.1. The van der Waals surface area contributed by atoms with Gasteiger partial charge in [-0.25, -0.2) is 0 Å². The molecule has 4 nitrogen and oxygen atoms in total. The van der Waals surface area contributed by atoms with Crippen LogP contribution >= 0.6 is 11.3 Å². The molecule has 1 saturated heterocycles. The van der Waals surface area contributed by atoms with Crippen molar-refractivity contribution in [2.24, 2.45) is 0 Å². The lowest BCUT2D eigenvalue weighted by Gasteiger charge is -2.35. The monoisotopic (exact) mass is 434 g/mol. The molecular weight excluding hydrogens is 404 g/mol. The zero-order chi connectivity index (χ0) is 21.6. The van der Waals surface area contributed by atoms with Crippen LogP contribution < -0.4 is 10.1 Å². The van der Waals surface area contributed by atoms with Gasteiger partial charge in [0.1, 0.15) is 10.8 Å². The number of aryl methyl sites for hydroxylation is 1. The fraction of sp³-hybridized carbons (Fsp3) is 0.346. The molecule has 0 bridgehead atoms. The van der Waals surface area contributed by atoms with E-state index < -0.39 is 0 Å². The lowest BCUT2D eigenvalue weighted by molar-refractivity contribution is 0.102. The standard InChI is InChI=1S/C26H30N2O2S/c1-3-22-18-23(26(31-22)27-25(29)19-11-6-4-7-12-19)24(28-15-8-5-9-16-28)20-13-10-14-21(17-20)30-2/h4,6-7,10-14,17-18,24H,3,5,8-9,15-16H2,1-2H3,(H,27,29)/t24-/m0/s1. The second kappa shape index (κ2) is 10.1. The van der Waals surface area contributed by atoms with Crippen LogP contribution in [0.25, 0.3) is 0 Å². The van der Waals surface area contributed by atoms with Crippen molar-refractivity contribution in [1.29, 1.82) is 0 Å². The Morgan fingerprint density at radius 1 is 1.06 bits per heavy atom. The minimum atomic E-state index is -0.0608. The van der Waals surface area contributed by atoms with Gasteiger partial charge >= 0.3 is 0 Å². The predicted molar refractivity (Wildman–Crippen MR) is 128 cm³/mol. The molecule has 0 unspecified atom stereocenters. The summed E-state index contributed by atoms with van der Waals surface area (Å²) in [6, 6.07) is 20.2. The zero-order valence-corrected chi connectivity index (χ0v) is 19.1. The number of nitrogens with zero attached hydrogens (tertiary/aromatic N) is 1. The van der Waals surface area contributed by atoms with Gasteiger partial charge in [0.2, 0.25) is 0 Å². The van der Waals surface area contributed by atoms with E-state index >= 15 is 0 Å². The second-order valence-electron chi connectivity index (χ2n) is 7.95. The van der Waals surface area contributed by atoms with Crippen molar-refractivity contribution in [1.82, 2.24) is 4.90 Å². The van der Waals surface area contributed by atoms with E-state index in [4.69, 9.17) is 4.74 Å². The van der Waals surface area contributed by atoms with Crippen molar-refractivity contribution < 1.29 is 9.53 Å². The van der Waals surface area contributed by atoms with Crippen LogP contribution in [0.2, 0.25) is 0 Å². The minimum absolute atomic E-state index is 0.0608. The molecular formula is C26H30N2O2S. The Morgan fingerprint density at radius 3 is 2.55 bits per heavy atom. The molecule has 0 spiro atoms. The van der Waals surface area contributed by atoms with Crippen LogP contribution in [-0.4, -0.2) is 31.0 Å². The Balaban J connectivity index is 1.75. The number of ether oxygens (including phenoxy) is 1. The number of thiophene rings is 1. The van der Waals surface area contributed by atoms with E-state index in [1.54, 1.807) is 18.4 Å². The predicted octanol–water partition coefficient (Wildman–Crippen LogP) is 6.15. The number of rotatable bonds is 7. The Kier molecular flexibility index (Phi) is 7.05. The highest BCUT2D eigenvalue weighted by Crippen LogP contribution is 2.41. The number of likely N-dealkylation sites (tertiary alicyclic amines) is 1. The lowest BCUT2D eigenvalue weighted by Crippen LogP contribution is -2.34. The third-order valence-corrected chi connectivity index (χ3v) is 7.09. The highest BCUT2D eigenvalue weighted by molar-refractivity contribution is 7.16. The third-order valence-electron chi connectivity index (χ3n) is 5.88. The summed E-state index contributed by atoms with van der Waals surface area (Å²) in [6.07, 6.45) is 4.64. The van der Waals surface area contributed by atoms with Crippen LogP contribution in [0.5, 0.6) is 5.75 Å². The number of nitrogens with one attached hydrogen (secondary N) is 1. The van der Waals surface area contributed by atoms with E-state index in [9.17, 15) is 4.79 Å². The maximum Gasteiger partial charge on any atom is 0.256 e. The third kappa shape index (κ3) is 5.00. The Bertz CT molecular complexity index is 1010. The molecule has 162 valence electrons. The number of hydrogen-bond acceptors (Lipinski definition) is 4. The van der Waals surface area contributed by atoms with Gasteiger partial charge in [-0.05, 0) is 68.2 Å². The Hall–Kier alpha value is -2.63. The van der Waals surface area contributed by atoms with Crippen molar-refractivity contribution in [3.63, 3.8) is 0 Å². The summed E-state index contributed by atoms with van der Waals surface area (Å²) < 4.78 is 5.52. The van der Waals surface area contributed by atoms with E-state index in [1.807, 2.05) is 36.4 Å². The highest BCUT2D eigenvalue weighted by Gasteiger charge is 2.28. The van der Waals surface area contributed by atoms with Crippen LogP contribution in [0.4, 0.5) is 5.00 Å². The molecule has 1 aliphatic rings. The normalized spacial score (nSPS) is 15.4. The summed E-state index contributed by atoms with van der Waals surface area (Å²) in [5, 5.41) is 4.17. The maximum atomic E-state index is 13.0. The fourth-order valence-electron chi connectivity index (χ4n) is 4.27. The lowest BCUT2D eigenvalue weighted by atomic mass is 9.95. The van der Waals surface area contributed by atoms with Crippen molar-refractivity contribution in [2.45, 2.75) is 38.6 Å². The Morgan fingerprint density at radius 2 is 1.84 bits per heavy atom. The molecule has 5 heteroatoms. The minimum Gasteiger partial charge on any atom is -0.497 e. The van der Waals surface area contributed by atoms with Gasteiger partial charge in [0.15, 0.2) is 0 Å². The maximum absolute atomic E-state index is 13.0. The van der Waals surface area contributed by atoms with Crippen molar-refractivity contribution in [3.8, 4) is 5.75 Å². The largest absolute Gasteiger partial charge is 0.497 e. The van der Waals surface area contributed by atoms with E-state index in [1.165, 1.54) is 35.3 Å². The average Bonchev–Trinajstić information content (AvgIpc) is 3.23. The van der Waals surface area contributed by atoms with Crippen molar-refractivity contribution in [3.05, 3.63) is 82.2 Å². The fourth-order valence-corrected chi connectivity index (χ4v) is 5.30. The molecule has 0 aliphatic carbocycles. The first-order chi connectivity index (χ1) is 15.2. The molecule has 1 fully saturated rings. The first-order valence-electron chi connectivity index (χ1n) is 11.1. The zero-order valence-electron chi connectivity index (χ0n) is 18.3. The number of piperidine rings is 1. The van der Waals surface area contributed by atoms with Crippen molar-refractivity contribution >= 4 is 22.2 Å². The summed E-state index contributed by atoms with van der Waals surface area (Å²) >= 11 is 1.69. The smallest absolute Gasteiger partial charge is 0.256 e. The summed E-state index contributed by atoms with van der Waals surface area (Å²) in [5.74, 6) is 0.801. The van der Waals surface area contributed by atoms with E-state index in [2.05, 4.69) is 41.4 Å². The average molecular weight is 435 g/mol. The van der Waals surface area contributed by atoms with Gasteiger partial charge in [-0.15, -0.1) is 11.3 Å². The first-order valence-corrected chi connectivity index (χ1v) is 11.9. The molecule has 1 aliphatic heterocycles. The van der Waals surface area contributed by atoms with Crippen LogP contribution in [0.15, 0.2) is 60.7 Å². The van der Waals surface area contributed by atoms with Gasteiger partial charge in [0.25, 0.3) is 5.91 Å². The molecule has 4 rings (SSSR count). The number of benzene rings is 2. The van der Waals surface area contributed by atoms with Gasteiger partial charge < -0.3 is 10.1 Å². The number of methoxy groups -OCH3 is 1. The quantitative estimate of drug-likeness (QED) is 0.485. The number of hydrogen-bond donors (Lipinski definition) is 1. The van der Waals surface area contributed by atoms with Gasteiger partial charge in [-0.2, -0.15) is 0 Å². The molecule has 1 atom stereocenters. The molecule has 2 aromatic carbocycles. The molecule has 1 N–H and O–H groups in total. The SMILES string of the molecule is CCc1cc([C@H](c2cccc(OC)c2)N2CCCCC2)c(NC(=O)c2ccccc2)s1. The molecule has 31 heavy (non-hydrogen) atoms. The van der Waals surface area contributed by atoms with Gasteiger partial charge in [-0.1, -0.05) is 43.7 Å². The Labute approximate surface area is 188 Å². The van der Waals surface area contributed by atoms with Gasteiger partial charge in [0, 0.05) is 16.0 Å². The van der Waals surface area contributed by atoms with Crippen molar-refractivity contribution in [2.75, 3.05) is 25.5 Å². The second-order valence-corrected chi connectivity index (χ2v) is 9.08. The van der Waals surface area contributed by atoms with E-state index in [0.29, 0.717) is 5.56 Å². The molecule has 1 aromatic heterocycles. The molecule has 3 aromatic rings. The van der Waals surface area contributed by atoms with Gasteiger partial charge in [-0.3, -0.25) is 9.69 Å². The summed E-state index contributed by atoms with van der Waals surface area (Å²) in [7, 11) is 1.71. The van der Waals surface area contributed by atoms with E-state index in [0.717, 1.165) is 30.3 Å². The number of anilines is 1. The molecule has 0 saturated carbocycles. The van der Waals surface area contributed by atoms with Crippen LogP contribution in [-0.2, 0) is 6.42 Å². The molecule has 0 radical (unpaired) electrons. The number of amides is 1. The molecule has 1 amide bonds.